The van der Waals surface area contributed by atoms with Gasteiger partial charge in [0.2, 0.25) is 0 Å². The molecule has 1 atom stereocenters. The Morgan fingerprint density at radius 3 is 2.63 bits per heavy atom. The standard InChI is InChI=1S/C22H27F2N5S/c1-15(2)21-14-29(9-8-28(21)13-16-6-4-3-5-7-16)20-11-18(23)17(10-19(20)24)12-26-27-22(25)30/h3-7,10-12,15,21H,8-9,13-14H2,1-2H3,(H3,25,27,30)/b26-12+/t21-/m1/s1. The van der Waals surface area contributed by atoms with E-state index in [0.717, 1.165) is 25.4 Å². The molecule has 0 aliphatic carbocycles. The molecule has 1 heterocycles. The second-order valence-corrected chi connectivity index (χ2v) is 8.21. The predicted octanol–water partition coefficient (Wildman–Crippen LogP) is 3.48. The third-order valence-corrected chi connectivity index (χ3v) is 5.41. The van der Waals surface area contributed by atoms with Crippen LogP contribution in [0.15, 0.2) is 47.6 Å². The molecule has 0 aromatic heterocycles. The van der Waals surface area contributed by atoms with Gasteiger partial charge in [0.25, 0.3) is 0 Å². The van der Waals surface area contributed by atoms with Crippen molar-refractivity contribution >= 4 is 29.2 Å². The van der Waals surface area contributed by atoms with Crippen molar-refractivity contribution in [1.29, 1.82) is 0 Å². The van der Waals surface area contributed by atoms with Gasteiger partial charge >= 0.3 is 0 Å². The molecular formula is C22H27F2N5S. The minimum atomic E-state index is -0.548. The number of nitrogens with zero attached hydrogens (tertiary/aromatic N) is 3. The number of hydrogen-bond donors (Lipinski definition) is 2. The zero-order valence-corrected chi connectivity index (χ0v) is 18.0. The highest BCUT2D eigenvalue weighted by Gasteiger charge is 2.30. The summed E-state index contributed by atoms with van der Waals surface area (Å²) in [6.45, 7) is 7.22. The van der Waals surface area contributed by atoms with Crippen LogP contribution < -0.4 is 16.1 Å². The van der Waals surface area contributed by atoms with Crippen LogP contribution in [0.1, 0.15) is 25.0 Å². The molecule has 8 heteroatoms. The van der Waals surface area contributed by atoms with Crippen molar-refractivity contribution in [3.05, 3.63) is 65.2 Å². The fourth-order valence-electron chi connectivity index (χ4n) is 3.77. The molecule has 3 N–H and O–H groups in total. The molecular weight excluding hydrogens is 404 g/mol. The first-order valence-corrected chi connectivity index (χ1v) is 10.4. The van der Waals surface area contributed by atoms with Crippen LogP contribution in [0.3, 0.4) is 0 Å². The van der Waals surface area contributed by atoms with Crippen LogP contribution in [0.25, 0.3) is 0 Å². The van der Waals surface area contributed by atoms with E-state index in [1.807, 2.05) is 23.1 Å². The summed E-state index contributed by atoms with van der Waals surface area (Å²) >= 11 is 4.63. The Hall–Kier alpha value is -2.58. The van der Waals surface area contributed by atoms with Crippen molar-refractivity contribution in [3.63, 3.8) is 0 Å². The molecule has 1 saturated heterocycles. The van der Waals surface area contributed by atoms with Crippen molar-refractivity contribution in [1.82, 2.24) is 10.3 Å². The van der Waals surface area contributed by atoms with E-state index in [4.69, 9.17) is 5.73 Å². The average molecular weight is 432 g/mol. The van der Waals surface area contributed by atoms with Gasteiger partial charge in [0.15, 0.2) is 5.11 Å². The number of hydrazone groups is 1. The third-order valence-electron chi connectivity index (χ3n) is 5.32. The van der Waals surface area contributed by atoms with Gasteiger partial charge in [0, 0.05) is 43.9 Å². The molecule has 0 radical (unpaired) electrons. The lowest BCUT2D eigenvalue weighted by molar-refractivity contribution is 0.130. The largest absolute Gasteiger partial charge is 0.375 e. The lowest BCUT2D eigenvalue weighted by Crippen LogP contribution is -2.55. The minimum Gasteiger partial charge on any atom is -0.375 e. The number of benzene rings is 2. The Labute approximate surface area is 181 Å². The number of nitrogens with one attached hydrogen (secondary N) is 1. The van der Waals surface area contributed by atoms with E-state index in [-0.39, 0.29) is 22.4 Å². The van der Waals surface area contributed by atoms with E-state index in [0.29, 0.717) is 19.0 Å². The SMILES string of the molecule is CC(C)[C@H]1CN(c2cc(F)c(/C=N/NC(N)=S)cc2F)CCN1Cc1ccccc1. The number of piperazine rings is 1. The Bertz CT molecular complexity index is 904. The summed E-state index contributed by atoms with van der Waals surface area (Å²) in [7, 11) is 0. The van der Waals surface area contributed by atoms with Crippen molar-refractivity contribution in [3.8, 4) is 0 Å². The Morgan fingerprint density at radius 2 is 1.97 bits per heavy atom. The first-order valence-electron chi connectivity index (χ1n) is 9.95. The highest BCUT2D eigenvalue weighted by Crippen LogP contribution is 2.28. The number of halogens is 2. The van der Waals surface area contributed by atoms with E-state index in [1.54, 1.807) is 0 Å². The average Bonchev–Trinajstić information content (AvgIpc) is 2.71. The Balaban J connectivity index is 1.76. The normalized spacial score (nSPS) is 17.6. The van der Waals surface area contributed by atoms with E-state index in [2.05, 4.69) is 53.6 Å². The number of rotatable bonds is 6. The number of nitrogens with two attached hydrogens (primary N) is 1. The molecule has 5 nitrogen and oxygen atoms in total. The van der Waals surface area contributed by atoms with Gasteiger partial charge in [-0.3, -0.25) is 10.3 Å². The molecule has 2 aromatic carbocycles. The zero-order valence-electron chi connectivity index (χ0n) is 17.2. The van der Waals surface area contributed by atoms with Gasteiger partial charge in [0.05, 0.1) is 11.9 Å². The maximum atomic E-state index is 14.8. The molecule has 2 aromatic rings. The second kappa shape index (κ2) is 9.95. The summed E-state index contributed by atoms with van der Waals surface area (Å²) < 4.78 is 29.4. The Kier molecular flexibility index (Phi) is 7.33. The van der Waals surface area contributed by atoms with Gasteiger partial charge < -0.3 is 10.6 Å². The Morgan fingerprint density at radius 1 is 1.23 bits per heavy atom. The molecule has 1 fully saturated rings. The lowest BCUT2D eigenvalue weighted by Gasteiger charge is -2.44. The van der Waals surface area contributed by atoms with Gasteiger partial charge in [-0.1, -0.05) is 44.2 Å². The van der Waals surface area contributed by atoms with Gasteiger partial charge in [-0.15, -0.1) is 0 Å². The van der Waals surface area contributed by atoms with Crippen molar-refractivity contribution in [2.75, 3.05) is 24.5 Å². The molecule has 30 heavy (non-hydrogen) atoms. The number of hydrogen-bond acceptors (Lipinski definition) is 4. The van der Waals surface area contributed by atoms with E-state index in [1.165, 1.54) is 11.6 Å². The smallest absolute Gasteiger partial charge is 0.184 e. The fraction of sp³-hybridized carbons (Fsp3) is 0.364. The first-order chi connectivity index (χ1) is 14.3. The monoisotopic (exact) mass is 431 g/mol. The van der Waals surface area contributed by atoms with Crippen molar-refractivity contribution < 1.29 is 8.78 Å². The maximum Gasteiger partial charge on any atom is 0.184 e. The van der Waals surface area contributed by atoms with Crippen molar-refractivity contribution in [2.45, 2.75) is 26.4 Å². The molecule has 160 valence electrons. The second-order valence-electron chi connectivity index (χ2n) is 7.77. The maximum absolute atomic E-state index is 14.8. The molecule has 1 aliphatic rings. The van der Waals surface area contributed by atoms with Gasteiger partial charge in [-0.2, -0.15) is 5.10 Å². The van der Waals surface area contributed by atoms with E-state index in [9.17, 15) is 8.78 Å². The summed E-state index contributed by atoms with van der Waals surface area (Å²) in [4.78, 5) is 4.35. The van der Waals surface area contributed by atoms with Crippen LogP contribution in [0.2, 0.25) is 0 Å². The van der Waals surface area contributed by atoms with Crippen LogP contribution in [0.4, 0.5) is 14.5 Å². The lowest BCUT2D eigenvalue weighted by atomic mass is 9.98. The molecule has 1 aliphatic heterocycles. The fourth-order valence-corrected chi connectivity index (χ4v) is 3.82. The minimum absolute atomic E-state index is 0.0307. The number of thiocarbonyl (C=S) groups is 1. The molecule has 0 bridgehead atoms. The quantitative estimate of drug-likeness (QED) is 0.417. The summed E-state index contributed by atoms with van der Waals surface area (Å²) in [5, 5.41) is 3.66. The van der Waals surface area contributed by atoms with Crippen LogP contribution in [0, 0.1) is 17.6 Å². The van der Waals surface area contributed by atoms with Crippen molar-refractivity contribution in [2.24, 2.45) is 16.8 Å². The highest BCUT2D eigenvalue weighted by molar-refractivity contribution is 7.80. The van der Waals surface area contributed by atoms with Crippen LogP contribution >= 0.6 is 12.2 Å². The third kappa shape index (κ3) is 5.52. The van der Waals surface area contributed by atoms with Gasteiger partial charge in [-0.05, 0) is 29.8 Å². The molecule has 0 unspecified atom stereocenters. The topological polar surface area (TPSA) is 56.9 Å². The van der Waals surface area contributed by atoms with Crippen LogP contribution in [-0.2, 0) is 6.54 Å². The summed E-state index contributed by atoms with van der Waals surface area (Å²) in [5.41, 5.74) is 9.17. The summed E-state index contributed by atoms with van der Waals surface area (Å²) in [5.74, 6) is -0.651. The number of anilines is 1. The zero-order chi connectivity index (χ0) is 21.7. The van der Waals surface area contributed by atoms with E-state index < -0.39 is 11.6 Å². The summed E-state index contributed by atoms with van der Waals surface area (Å²) in [6.07, 6.45) is 1.16. The predicted molar refractivity (Wildman–Crippen MR) is 122 cm³/mol. The summed E-state index contributed by atoms with van der Waals surface area (Å²) in [6, 6.07) is 12.9. The van der Waals surface area contributed by atoms with Gasteiger partial charge in [0.1, 0.15) is 11.6 Å². The van der Waals surface area contributed by atoms with Crippen LogP contribution in [-0.4, -0.2) is 41.9 Å². The van der Waals surface area contributed by atoms with E-state index >= 15 is 0 Å². The molecule has 0 spiro atoms. The molecule has 0 amide bonds. The molecule has 3 rings (SSSR count). The van der Waals surface area contributed by atoms with Gasteiger partial charge in [-0.25, -0.2) is 8.78 Å². The van der Waals surface area contributed by atoms with Crippen LogP contribution in [0.5, 0.6) is 0 Å². The first kappa shape index (κ1) is 22.1. The molecule has 0 saturated carbocycles. The highest BCUT2D eigenvalue weighted by atomic mass is 32.1.